The van der Waals surface area contributed by atoms with E-state index in [0.29, 0.717) is 24.2 Å². The summed E-state index contributed by atoms with van der Waals surface area (Å²) >= 11 is 0. The van der Waals surface area contributed by atoms with Gasteiger partial charge in [-0.1, -0.05) is 0 Å². The molecular weight excluding hydrogens is 204 g/mol. The van der Waals surface area contributed by atoms with Gasteiger partial charge in [0.05, 0.1) is 0 Å². The van der Waals surface area contributed by atoms with Gasteiger partial charge in [0.25, 0.3) is 5.91 Å². The lowest BCUT2D eigenvalue weighted by Gasteiger charge is -2.28. The number of ketones is 1. The Labute approximate surface area is 94.0 Å². The van der Waals surface area contributed by atoms with Crippen LogP contribution in [0.4, 0.5) is 5.69 Å². The molecule has 1 fully saturated rings. The van der Waals surface area contributed by atoms with Gasteiger partial charge in [-0.3, -0.25) is 15.3 Å². The Morgan fingerprint density at radius 3 is 2.19 bits per heavy atom. The van der Waals surface area contributed by atoms with E-state index in [1.807, 2.05) is 12.1 Å². The fourth-order valence-corrected chi connectivity index (χ4v) is 1.84. The molecule has 0 aliphatic carbocycles. The number of nitrogens with zero attached hydrogens (tertiary/aromatic N) is 1. The predicted molar refractivity (Wildman–Crippen MR) is 60.3 cm³/mol. The summed E-state index contributed by atoms with van der Waals surface area (Å²) in [5.41, 5.74) is 8.37. The van der Waals surface area contributed by atoms with Crippen LogP contribution in [0.3, 0.4) is 0 Å². The average molecular weight is 217 g/mol. The first-order valence-corrected chi connectivity index (χ1v) is 5.29. The lowest BCUT2D eigenvalue weighted by atomic mass is 10.1. The fraction of sp³-hybridized carbons (Fsp3) is 0.333. The minimum absolute atomic E-state index is 0.314. The molecule has 0 aromatic heterocycles. The molecule has 0 bridgehead atoms. The van der Waals surface area contributed by atoms with Crippen molar-refractivity contribution >= 4 is 17.4 Å². The Hall–Kier alpha value is -1.84. The Balaban J connectivity index is 2.10. The maximum absolute atomic E-state index is 11.1. The molecule has 1 N–H and O–H groups in total. The van der Waals surface area contributed by atoms with Crippen molar-refractivity contribution in [2.75, 3.05) is 18.0 Å². The molecule has 0 atom stereocenters. The van der Waals surface area contributed by atoms with Gasteiger partial charge in [0.1, 0.15) is 5.78 Å². The van der Waals surface area contributed by atoms with Gasteiger partial charge < -0.3 is 4.90 Å². The predicted octanol–water partition coefficient (Wildman–Crippen LogP) is 1.28. The van der Waals surface area contributed by atoms with Crippen molar-refractivity contribution in [3.8, 4) is 0 Å². The molecule has 4 nitrogen and oxygen atoms in total. The van der Waals surface area contributed by atoms with E-state index < -0.39 is 5.91 Å². The maximum Gasteiger partial charge on any atom is 0.269 e. The summed E-state index contributed by atoms with van der Waals surface area (Å²) in [7, 11) is 0. The molecule has 1 aromatic rings. The first-order valence-electron chi connectivity index (χ1n) is 5.29. The highest BCUT2D eigenvalue weighted by atomic mass is 16.1. The molecule has 1 saturated heterocycles. The van der Waals surface area contributed by atoms with E-state index in [2.05, 4.69) is 4.90 Å². The number of hydrogen-bond donors (Lipinski definition) is 0. The summed E-state index contributed by atoms with van der Waals surface area (Å²) in [5, 5.41) is 0. The van der Waals surface area contributed by atoms with Gasteiger partial charge in [0.15, 0.2) is 0 Å². The van der Waals surface area contributed by atoms with Crippen molar-refractivity contribution in [2.24, 2.45) is 0 Å². The van der Waals surface area contributed by atoms with Crippen molar-refractivity contribution in [1.82, 2.24) is 5.73 Å². The maximum atomic E-state index is 11.1. The molecule has 0 saturated carbocycles. The molecule has 1 heterocycles. The molecule has 1 radical (unpaired) electrons. The Bertz CT molecular complexity index is 402. The number of carbonyl (C=O) groups excluding carboxylic acids is 2. The first-order chi connectivity index (χ1) is 7.66. The third-order valence-electron chi connectivity index (χ3n) is 2.82. The van der Waals surface area contributed by atoms with Gasteiger partial charge >= 0.3 is 0 Å². The molecule has 1 aromatic carbocycles. The van der Waals surface area contributed by atoms with Crippen molar-refractivity contribution < 1.29 is 9.59 Å². The van der Waals surface area contributed by atoms with E-state index in [0.717, 1.165) is 18.8 Å². The third kappa shape index (κ3) is 2.21. The van der Waals surface area contributed by atoms with Crippen LogP contribution in [0.15, 0.2) is 24.3 Å². The highest BCUT2D eigenvalue weighted by molar-refractivity contribution is 5.92. The van der Waals surface area contributed by atoms with E-state index in [1.54, 1.807) is 12.1 Å². The molecule has 0 unspecified atom stereocenters. The quantitative estimate of drug-likeness (QED) is 0.749. The van der Waals surface area contributed by atoms with Crippen LogP contribution < -0.4 is 10.6 Å². The zero-order chi connectivity index (χ0) is 11.5. The van der Waals surface area contributed by atoms with Gasteiger partial charge in [-0.15, -0.1) is 0 Å². The van der Waals surface area contributed by atoms with Crippen molar-refractivity contribution in [3.63, 3.8) is 0 Å². The number of carbonyl (C=O) groups is 2. The lowest BCUT2D eigenvalue weighted by molar-refractivity contribution is -0.119. The zero-order valence-corrected chi connectivity index (χ0v) is 8.90. The summed E-state index contributed by atoms with van der Waals surface area (Å²) in [6.07, 6.45) is 1.19. The number of Topliss-reactive ketones (excluding diaryl/α,β-unsaturated/α-hetero) is 1. The van der Waals surface area contributed by atoms with Crippen molar-refractivity contribution in [3.05, 3.63) is 29.8 Å². The Morgan fingerprint density at radius 1 is 1.12 bits per heavy atom. The normalized spacial score (nSPS) is 16.2. The second kappa shape index (κ2) is 4.35. The van der Waals surface area contributed by atoms with Crippen LogP contribution in [0, 0.1) is 0 Å². The summed E-state index contributed by atoms with van der Waals surface area (Å²) in [6, 6.07) is 6.97. The number of piperidine rings is 1. The third-order valence-corrected chi connectivity index (χ3v) is 2.82. The van der Waals surface area contributed by atoms with Crippen LogP contribution >= 0.6 is 0 Å². The molecule has 1 aliphatic heterocycles. The monoisotopic (exact) mass is 217 g/mol. The van der Waals surface area contributed by atoms with E-state index in [-0.39, 0.29) is 0 Å². The number of benzene rings is 1. The lowest BCUT2D eigenvalue weighted by Crippen LogP contribution is -2.33. The molecule has 1 aliphatic rings. The molecule has 83 valence electrons. The number of anilines is 1. The molecule has 0 spiro atoms. The van der Waals surface area contributed by atoms with Crippen LogP contribution in [0.2, 0.25) is 0 Å². The standard InChI is InChI=1S/C12H13N2O2/c13-12(16)9-1-3-10(4-2-9)14-7-5-11(15)6-8-14/h1-4,13H,5-8H2. The second-order valence-corrected chi connectivity index (χ2v) is 3.90. The topological polar surface area (TPSA) is 61.2 Å². The smallest absolute Gasteiger partial charge is 0.269 e. The van der Waals surface area contributed by atoms with Crippen LogP contribution in [0.1, 0.15) is 23.2 Å². The van der Waals surface area contributed by atoms with Gasteiger partial charge in [-0.05, 0) is 24.3 Å². The van der Waals surface area contributed by atoms with Crippen LogP contribution in [0.25, 0.3) is 0 Å². The highest BCUT2D eigenvalue weighted by Gasteiger charge is 2.16. The summed E-state index contributed by atoms with van der Waals surface area (Å²) in [4.78, 5) is 24.0. The average Bonchev–Trinajstić information content (AvgIpc) is 2.30. The van der Waals surface area contributed by atoms with Crippen LogP contribution in [0.5, 0.6) is 0 Å². The minimum Gasteiger partial charge on any atom is -0.371 e. The zero-order valence-electron chi connectivity index (χ0n) is 8.90. The largest absolute Gasteiger partial charge is 0.371 e. The van der Waals surface area contributed by atoms with Gasteiger partial charge in [-0.25, -0.2) is 0 Å². The highest BCUT2D eigenvalue weighted by Crippen LogP contribution is 2.18. The number of amides is 1. The number of nitrogens with one attached hydrogen (secondary N) is 1. The Morgan fingerprint density at radius 2 is 1.69 bits per heavy atom. The van der Waals surface area contributed by atoms with Gasteiger partial charge in [0, 0.05) is 37.2 Å². The second-order valence-electron chi connectivity index (χ2n) is 3.90. The number of rotatable bonds is 2. The molecule has 4 heteroatoms. The summed E-state index contributed by atoms with van der Waals surface area (Å²) < 4.78 is 0. The Kier molecular flexibility index (Phi) is 2.90. The van der Waals surface area contributed by atoms with E-state index in [9.17, 15) is 9.59 Å². The fourth-order valence-electron chi connectivity index (χ4n) is 1.84. The van der Waals surface area contributed by atoms with Gasteiger partial charge in [-0.2, -0.15) is 0 Å². The van der Waals surface area contributed by atoms with E-state index >= 15 is 0 Å². The van der Waals surface area contributed by atoms with Crippen LogP contribution in [-0.2, 0) is 4.79 Å². The van der Waals surface area contributed by atoms with Crippen molar-refractivity contribution in [1.29, 1.82) is 0 Å². The first kappa shape index (κ1) is 10.7. The van der Waals surface area contributed by atoms with Crippen LogP contribution in [-0.4, -0.2) is 24.8 Å². The van der Waals surface area contributed by atoms with Crippen molar-refractivity contribution in [2.45, 2.75) is 12.8 Å². The molecule has 2 rings (SSSR count). The summed E-state index contributed by atoms with van der Waals surface area (Å²) in [5.74, 6) is -0.352. The van der Waals surface area contributed by atoms with E-state index in [1.165, 1.54) is 0 Å². The molecular formula is C12H13N2O2. The minimum atomic E-state index is -0.666. The molecule has 16 heavy (non-hydrogen) atoms. The molecule has 1 amide bonds. The SMILES string of the molecule is [NH]C(=O)c1ccc(N2CCC(=O)CC2)cc1. The number of hydrogen-bond acceptors (Lipinski definition) is 3. The van der Waals surface area contributed by atoms with Gasteiger partial charge in [0.2, 0.25) is 0 Å². The van der Waals surface area contributed by atoms with E-state index in [4.69, 9.17) is 5.73 Å². The summed E-state index contributed by atoms with van der Waals surface area (Å²) in [6.45, 7) is 1.49.